The van der Waals surface area contributed by atoms with Gasteiger partial charge in [-0.25, -0.2) is 0 Å². The summed E-state index contributed by atoms with van der Waals surface area (Å²) < 4.78 is 28.0. The van der Waals surface area contributed by atoms with E-state index in [4.69, 9.17) is 13.3 Å². The second kappa shape index (κ2) is 20.0. The highest BCUT2D eigenvalue weighted by molar-refractivity contribution is 7.27. The number of para-hydroxylation sites is 1. The van der Waals surface area contributed by atoms with Crippen molar-refractivity contribution >= 4 is 216 Å². The highest BCUT2D eigenvalue weighted by Crippen LogP contribution is 2.52. The Labute approximate surface area is 548 Å². The fourth-order valence-corrected chi connectivity index (χ4v) is 18.6. The van der Waals surface area contributed by atoms with Crippen molar-refractivity contribution in [3.63, 3.8) is 0 Å². The van der Waals surface area contributed by atoms with E-state index >= 15 is 0 Å². The number of furan rings is 3. The van der Waals surface area contributed by atoms with E-state index < -0.39 is 0 Å². The Morgan fingerprint density at radius 2 is 0.681 bits per heavy atom. The van der Waals surface area contributed by atoms with Gasteiger partial charge in [0, 0.05) is 123 Å². The number of nitrogens with zero attached hydrogens (tertiary/aromatic N) is 2. The van der Waals surface area contributed by atoms with Gasteiger partial charge in [0.25, 0.3) is 0 Å². The minimum atomic E-state index is 0.854. The van der Waals surface area contributed by atoms with Crippen molar-refractivity contribution in [1.29, 1.82) is 0 Å². The van der Waals surface area contributed by atoms with E-state index in [0.29, 0.717) is 0 Å². The maximum Gasteiger partial charge on any atom is 0.144 e. The lowest BCUT2D eigenvalue weighted by atomic mass is 9.99. The van der Waals surface area contributed by atoms with E-state index in [1.54, 1.807) is 0 Å². The molecule has 0 saturated carbocycles. The number of fused-ring (bicyclic) bond motifs is 24. The minimum Gasteiger partial charge on any atom is -0.456 e. The smallest absolute Gasteiger partial charge is 0.144 e. The fraction of sp³-hybridized carbons (Fsp3) is 0. The molecule has 0 fully saturated rings. The van der Waals surface area contributed by atoms with Gasteiger partial charge in [-0.2, -0.15) is 0 Å². The monoisotopic (exact) mass is 1250 g/mol. The first-order valence-corrected chi connectivity index (χ1v) is 34.1. The lowest BCUT2D eigenvalue weighted by molar-refractivity contribution is 0.669. The van der Waals surface area contributed by atoms with Crippen molar-refractivity contribution in [3.05, 3.63) is 291 Å². The maximum atomic E-state index is 7.23. The summed E-state index contributed by atoms with van der Waals surface area (Å²) in [6, 6.07) is 106. The highest BCUT2D eigenvalue weighted by atomic mass is 32.1. The van der Waals surface area contributed by atoms with Crippen LogP contribution in [-0.2, 0) is 0 Å². The third kappa shape index (κ3) is 7.73. The van der Waals surface area contributed by atoms with Crippen LogP contribution in [0.2, 0.25) is 0 Å². The Bertz CT molecular complexity index is 6740. The van der Waals surface area contributed by atoms with Crippen LogP contribution in [0, 0.1) is 0 Å². The predicted octanol–water partition coefficient (Wildman–Crippen LogP) is 27.1. The largest absolute Gasteiger partial charge is 0.456 e. The van der Waals surface area contributed by atoms with Crippen molar-refractivity contribution in [1.82, 2.24) is 0 Å². The van der Waals surface area contributed by atoms with Crippen molar-refractivity contribution in [2.45, 2.75) is 0 Å². The molecule has 0 aliphatic heterocycles. The summed E-state index contributed by atoms with van der Waals surface area (Å²) in [6.45, 7) is 0. The topological polar surface area (TPSA) is 45.9 Å². The number of hydrogen-bond donors (Lipinski definition) is 0. The van der Waals surface area contributed by atoms with Crippen LogP contribution in [0.5, 0.6) is 0 Å². The third-order valence-corrected chi connectivity index (χ3v) is 23.0. The van der Waals surface area contributed by atoms with Crippen LogP contribution in [0.4, 0.5) is 34.1 Å². The molecule has 15 aromatic carbocycles. The van der Waals surface area contributed by atoms with Gasteiger partial charge in [0.15, 0.2) is 0 Å². The van der Waals surface area contributed by atoms with E-state index in [2.05, 4.69) is 289 Å². The van der Waals surface area contributed by atoms with Crippen molar-refractivity contribution in [2.75, 3.05) is 9.80 Å². The van der Waals surface area contributed by atoms with E-state index in [0.717, 1.165) is 143 Å². The number of rotatable bonds is 8. The first-order valence-electron chi connectivity index (χ1n) is 31.7. The van der Waals surface area contributed by atoms with Gasteiger partial charge in [-0.15, -0.1) is 34.0 Å². The number of benzene rings is 15. The Morgan fingerprint density at radius 3 is 1.36 bits per heavy atom. The Morgan fingerprint density at radius 1 is 0.223 bits per heavy atom. The first-order chi connectivity index (χ1) is 46.6. The molecular weight excluding hydrogens is 1210 g/mol. The molecule has 0 unspecified atom stereocenters. The molecule has 5 nitrogen and oxygen atoms in total. The second-order valence-corrected chi connectivity index (χ2v) is 27.8. The number of hydrogen-bond acceptors (Lipinski definition) is 8. The molecule has 21 aromatic rings. The molecule has 0 spiro atoms. The van der Waals surface area contributed by atoms with Gasteiger partial charge in [-0.3, -0.25) is 0 Å². The van der Waals surface area contributed by atoms with E-state index in [1.165, 1.54) is 60.9 Å². The van der Waals surface area contributed by atoms with Gasteiger partial charge in [0.1, 0.15) is 33.5 Å². The normalized spacial score (nSPS) is 12.3. The fourth-order valence-electron chi connectivity index (χ4n) is 15.0. The van der Waals surface area contributed by atoms with E-state index in [1.807, 2.05) is 46.1 Å². The predicted molar refractivity (Wildman–Crippen MR) is 402 cm³/mol. The average Bonchev–Trinajstić information content (AvgIpc) is 1.57. The summed E-state index contributed by atoms with van der Waals surface area (Å²) in [5.41, 5.74) is 16.5. The second-order valence-electron chi connectivity index (χ2n) is 24.6. The zero-order valence-electron chi connectivity index (χ0n) is 50.1. The quantitative estimate of drug-likeness (QED) is 0.152. The molecule has 0 N–H and O–H groups in total. The summed E-state index contributed by atoms with van der Waals surface area (Å²) >= 11 is 5.50. The number of anilines is 6. The molecule has 94 heavy (non-hydrogen) atoms. The van der Waals surface area contributed by atoms with Crippen LogP contribution >= 0.6 is 34.0 Å². The van der Waals surface area contributed by atoms with Gasteiger partial charge in [-0.05, 0) is 154 Å². The van der Waals surface area contributed by atoms with Crippen molar-refractivity contribution in [3.8, 4) is 22.3 Å². The van der Waals surface area contributed by atoms with Gasteiger partial charge in [0.05, 0.1) is 20.8 Å². The Balaban J connectivity index is 0.668. The van der Waals surface area contributed by atoms with Gasteiger partial charge >= 0.3 is 0 Å². The minimum absolute atomic E-state index is 0.854. The summed E-state index contributed by atoms with van der Waals surface area (Å²) in [7, 11) is 0. The van der Waals surface area contributed by atoms with Crippen molar-refractivity contribution in [2.24, 2.45) is 0 Å². The molecule has 438 valence electrons. The molecule has 0 aliphatic rings. The van der Waals surface area contributed by atoms with Gasteiger partial charge < -0.3 is 23.1 Å². The molecule has 0 amide bonds. The van der Waals surface area contributed by atoms with Gasteiger partial charge in [0.2, 0.25) is 0 Å². The molecule has 0 atom stereocenters. The summed E-state index contributed by atoms with van der Waals surface area (Å²) in [6.07, 6.45) is 0. The summed E-state index contributed by atoms with van der Waals surface area (Å²) in [5.74, 6) is 0. The highest BCUT2D eigenvalue weighted by Gasteiger charge is 2.26. The molecule has 0 saturated heterocycles. The van der Waals surface area contributed by atoms with E-state index in [9.17, 15) is 0 Å². The van der Waals surface area contributed by atoms with Gasteiger partial charge in [-0.1, -0.05) is 164 Å². The summed E-state index contributed by atoms with van der Waals surface area (Å²) in [4.78, 5) is 4.83. The van der Waals surface area contributed by atoms with Crippen molar-refractivity contribution < 1.29 is 13.3 Å². The van der Waals surface area contributed by atoms with Crippen LogP contribution in [0.25, 0.3) is 170 Å². The third-order valence-electron chi connectivity index (χ3n) is 19.4. The molecule has 6 heterocycles. The average molecular weight is 1250 g/mol. The lowest BCUT2D eigenvalue weighted by Gasteiger charge is -2.26. The molecule has 8 heteroatoms. The lowest BCUT2D eigenvalue weighted by Crippen LogP contribution is -2.10. The summed E-state index contributed by atoms with van der Waals surface area (Å²) in [5, 5.41) is 18.4. The van der Waals surface area contributed by atoms with Crippen LogP contribution < -0.4 is 9.80 Å². The first kappa shape index (κ1) is 52.1. The molecule has 6 aromatic heterocycles. The van der Waals surface area contributed by atoms with Crippen LogP contribution in [0.3, 0.4) is 0 Å². The van der Waals surface area contributed by atoms with Crippen LogP contribution in [-0.4, -0.2) is 0 Å². The number of thiophene rings is 3. The van der Waals surface area contributed by atoms with Crippen LogP contribution in [0.15, 0.2) is 304 Å². The standard InChI is InChI=1S/C86H48N2O3S3/c1-2-12-49(13-3-1)50-24-31-55(32-25-50)87(57-35-40-62-61-16-6-8-22-73(61)89-74(62)47-57)71-20-10-18-69-80-77(93-85(69)71)45-43-68-66-39-30-54-46-53(29-37-60(54)82(66)91-84(68)80)51-26-33-56(34-27-51)88(58-36-41-64-63-17-7-9-23-75(63)92-78(64)48-58)72-21-11-19-70-79-76(94-86(70)72)44-42-67-65-38-28-52-14-4-5-15-59(52)81(65)90-83(67)79/h1-48H. The molecule has 0 bridgehead atoms. The zero-order chi connectivity index (χ0) is 61.3. The zero-order valence-corrected chi connectivity index (χ0v) is 52.5. The van der Waals surface area contributed by atoms with Crippen LogP contribution in [0.1, 0.15) is 0 Å². The Hall–Kier alpha value is -11.5. The SMILES string of the molecule is c1ccc(-c2ccc(N(c3ccc4c(c3)oc3ccccc34)c3cccc4c3sc3ccc5c6ccc7cc(-c8ccc(N(c9ccc%10c(c9)sc9ccccc9%10)c9cccc%10c9sc9ccc%11c%12ccc%13ccccc%13c%12oc%11c9%10)cc8)ccc7c6oc5c34)cc2)cc1. The maximum absolute atomic E-state index is 7.23. The molecule has 21 rings (SSSR count). The Kier molecular flexibility index (Phi) is 11.1. The molecule has 0 radical (unpaired) electrons. The molecule has 0 aliphatic carbocycles. The van der Waals surface area contributed by atoms with E-state index in [-0.39, 0.29) is 0 Å². The molecular formula is C86H48N2O3S3.